The third kappa shape index (κ3) is 7.17. The SMILES string of the molecule is CNCCNC(=O)COCC=O. The topological polar surface area (TPSA) is 67.4 Å². The van der Waals surface area contributed by atoms with E-state index < -0.39 is 0 Å². The zero-order valence-corrected chi connectivity index (χ0v) is 7.13. The molecule has 0 saturated heterocycles. The lowest BCUT2D eigenvalue weighted by Gasteiger charge is -2.03. The Kier molecular flexibility index (Phi) is 7.52. The molecule has 0 aliphatic heterocycles. The first-order valence-electron chi connectivity index (χ1n) is 3.74. The first kappa shape index (κ1) is 11.1. The van der Waals surface area contributed by atoms with E-state index in [1.165, 1.54) is 0 Å². The smallest absolute Gasteiger partial charge is 0.246 e. The maximum atomic E-state index is 10.8. The Morgan fingerprint density at radius 3 is 2.83 bits per heavy atom. The quantitative estimate of drug-likeness (QED) is 0.365. The van der Waals surface area contributed by atoms with Crippen molar-refractivity contribution in [2.75, 3.05) is 33.4 Å². The summed E-state index contributed by atoms with van der Waals surface area (Å²) < 4.78 is 4.67. The lowest BCUT2D eigenvalue weighted by Crippen LogP contribution is -2.33. The number of hydrogen-bond acceptors (Lipinski definition) is 4. The third-order valence-electron chi connectivity index (χ3n) is 1.12. The second-order valence-corrected chi connectivity index (χ2v) is 2.14. The molecular formula is C7H14N2O3. The van der Waals surface area contributed by atoms with Gasteiger partial charge >= 0.3 is 0 Å². The van der Waals surface area contributed by atoms with Crippen molar-refractivity contribution in [3.63, 3.8) is 0 Å². The predicted octanol–water partition coefficient (Wildman–Crippen LogP) is -1.46. The molecule has 5 heteroatoms. The largest absolute Gasteiger partial charge is 0.364 e. The first-order valence-corrected chi connectivity index (χ1v) is 3.74. The number of nitrogens with one attached hydrogen (secondary N) is 2. The minimum atomic E-state index is -0.202. The molecule has 1 amide bonds. The highest BCUT2D eigenvalue weighted by Gasteiger charge is 1.98. The third-order valence-corrected chi connectivity index (χ3v) is 1.12. The summed E-state index contributed by atoms with van der Waals surface area (Å²) in [5.41, 5.74) is 0. The van der Waals surface area contributed by atoms with E-state index in [1.54, 1.807) is 7.05 Å². The molecule has 0 aromatic heterocycles. The van der Waals surface area contributed by atoms with Crippen LogP contribution in [0.4, 0.5) is 0 Å². The van der Waals surface area contributed by atoms with Gasteiger partial charge in [-0.2, -0.15) is 0 Å². The van der Waals surface area contributed by atoms with E-state index in [4.69, 9.17) is 0 Å². The van der Waals surface area contributed by atoms with Gasteiger partial charge in [-0.05, 0) is 7.05 Å². The molecule has 0 heterocycles. The van der Waals surface area contributed by atoms with Crippen LogP contribution in [0.15, 0.2) is 0 Å². The van der Waals surface area contributed by atoms with Crippen LogP contribution in [0.3, 0.4) is 0 Å². The van der Waals surface area contributed by atoms with Crippen LogP contribution < -0.4 is 10.6 Å². The van der Waals surface area contributed by atoms with Gasteiger partial charge in [0.2, 0.25) is 5.91 Å². The highest BCUT2D eigenvalue weighted by Crippen LogP contribution is 1.71. The maximum Gasteiger partial charge on any atom is 0.246 e. The zero-order chi connectivity index (χ0) is 9.23. The molecular weight excluding hydrogens is 160 g/mol. The summed E-state index contributed by atoms with van der Waals surface area (Å²) in [6, 6.07) is 0. The van der Waals surface area contributed by atoms with Crippen molar-refractivity contribution in [1.82, 2.24) is 10.6 Å². The monoisotopic (exact) mass is 174 g/mol. The zero-order valence-electron chi connectivity index (χ0n) is 7.13. The van der Waals surface area contributed by atoms with Gasteiger partial charge < -0.3 is 20.2 Å². The maximum absolute atomic E-state index is 10.8. The summed E-state index contributed by atoms with van der Waals surface area (Å²) in [6.07, 6.45) is 0.612. The number of amides is 1. The fourth-order valence-electron chi connectivity index (χ4n) is 0.578. The minimum absolute atomic E-state index is 0.0283. The van der Waals surface area contributed by atoms with Gasteiger partial charge in [-0.15, -0.1) is 0 Å². The van der Waals surface area contributed by atoms with Crippen LogP contribution in [0, 0.1) is 0 Å². The highest BCUT2D eigenvalue weighted by atomic mass is 16.5. The molecule has 12 heavy (non-hydrogen) atoms. The summed E-state index contributed by atoms with van der Waals surface area (Å²) in [7, 11) is 1.80. The van der Waals surface area contributed by atoms with Crippen LogP contribution in [0.5, 0.6) is 0 Å². The average molecular weight is 174 g/mol. The van der Waals surface area contributed by atoms with Gasteiger partial charge in [0.1, 0.15) is 19.5 Å². The van der Waals surface area contributed by atoms with Gasteiger partial charge in [-0.3, -0.25) is 4.79 Å². The summed E-state index contributed by atoms with van der Waals surface area (Å²) in [4.78, 5) is 20.6. The molecule has 2 N–H and O–H groups in total. The molecule has 0 bridgehead atoms. The van der Waals surface area contributed by atoms with E-state index in [0.717, 1.165) is 6.54 Å². The van der Waals surface area contributed by atoms with Crippen molar-refractivity contribution in [1.29, 1.82) is 0 Å². The van der Waals surface area contributed by atoms with E-state index in [0.29, 0.717) is 12.8 Å². The molecule has 0 aromatic carbocycles. The van der Waals surface area contributed by atoms with Crippen molar-refractivity contribution in [3.8, 4) is 0 Å². The van der Waals surface area contributed by atoms with Crippen molar-refractivity contribution in [2.24, 2.45) is 0 Å². The van der Waals surface area contributed by atoms with E-state index >= 15 is 0 Å². The fraction of sp³-hybridized carbons (Fsp3) is 0.714. The van der Waals surface area contributed by atoms with Crippen LogP contribution in [0.2, 0.25) is 0 Å². The van der Waals surface area contributed by atoms with Crippen molar-refractivity contribution in [3.05, 3.63) is 0 Å². The Morgan fingerprint density at radius 2 is 2.25 bits per heavy atom. The first-order chi connectivity index (χ1) is 5.81. The minimum Gasteiger partial charge on any atom is -0.364 e. The van der Waals surface area contributed by atoms with E-state index in [9.17, 15) is 9.59 Å². The van der Waals surface area contributed by atoms with Gasteiger partial charge in [0.05, 0.1) is 0 Å². The van der Waals surface area contributed by atoms with E-state index in [1.807, 2.05) is 0 Å². The van der Waals surface area contributed by atoms with Gasteiger partial charge in [0.15, 0.2) is 0 Å². The average Bonchev–Trinajstić information content (AvgIpc) is 2.06. The molecule has 0 saturated carbocycles. The summed E-state index contributed by atoms with van der Waals surface area (Å²) in [5, 5.41) is 5.48. The highest BCUT2D eigenvalue weighted by molar-refractivity contribution is 5.77. The van der Waals surface area contributed by atoms with Crippen LogP contribution in [0.1, 0.15) is 0 Å². The lowest BCUT2D eigenvalue weighted by molar-refractivity contribution is -0.126. The molecule has 0 fully saturated rings. The Balaban J connectivity index is 3.15. The molecule has 0 atom stereocenters. The standard InChI is InChI=1S/C7H14N2O3/c1-8-2-3-9-7(11)6-12-5-4-10/h4,8H,2-3,5-6H2,1H3,(H,9,11). The molecule has 0 spiro atoms. The van der Waals surface area contributed by atoms with Gasteiger partial charge in [0.25, 0.3) is 0 Å². The van der Waals surface area contributed by atoms with Crippen molar-refractivity contribution >= 4 is 12.2 Å². The number of carbonyl (C=O) groups excluding carboxylic acids is 2. The summed E-state index contributed by atoms with van der Waals surface area (Å²) in [6.45, 7) is 1.21. The Labute approximate surface area is 71.5 Å². The number of rotatable bonds is 7. The normalized spacial score (nSPS) is 9.42. The second kappa shape index (κ2) is 8.16. The fourth-order valence-corrected chi connectivity index (χ4v) is 0.578. The number of aldehydes is 1. The summed E-state index contributed by atoms with van der Waals surface area (Å²) in [5.74, 6) is -0.202. The molecule has 5 nitrogen and oxygen atoms in total. The van der Waals surface area contributed by atoms with Crippen molar-refractivity contribution in [2.45, 2.75) is 0 Å². The molecule has 0 unspecified atom stereocenters. The van der Waals surface area contributed by atoms with Crippen LogP contribution >= 0.6 is 0 Å². The number of hydrogen-bond donors (Lipinski definition) is 2. The molecule has 0 aliphatic carbocycles. The van der Waals surface area contributed by atoms with E-state index in [2.05, 4.69) is 15.4 Å². The molecule has 0 aliphatic rings. The Morgan fingerprint density at radius 1 is 1.50 bits per heavy atom. The molecule has 0 rings (SSSR count). The van der Waals surface area contributed by atoms with Crippen LogP contribution in [-0.2, 0) is 14.3 Å². The van der Waals surface area contributed by atoms with Crippen LogP contribution in [0.25, 0.3) is 0 Å². The van der Waals surface area contributed by atoms with Crippen molar-refractivity contribution < 1.29 is 14.3 Å². The molecule has 70 valence electrons. The number of carbonyl (C=O) groups is 2. The van der Waals surface area contributed by atoms with Crippen LogP contribution in [-0.4, -0.2) is 45.5 Å². The van der Waals surface area contributed by atoms with Gasteiger partial charge in [-0.25, -0.2) is 0 Å². The Hall–Kier alpha value is -0.940. The molecule has 0 radical (unpaired) electrons. The number of likely N-dealkylation sites (N-methyl/N-ethyl adjacent to an activating group) is 1. The Bertz CT molecular complexity index is 139. The molecule has 0 aromatic rings. The van der Waals surface area contributed by atoms with Gasteiger partial charge in [0, 0.05) is 13.1 Å². The predicted molar refractivity (Wildman–Crippen MR) is 43.8 cm³/mol. The van der Waals surface area contributed by atoms with E-state index in [-0.39, 0.29) is 19.1 Å². The number of ether oxygens (including phenoxy) is 1. The lowest BCUT2D eigenvalue weighted by atomic mass is 10.5. The summed E-state index contributed by atoms with van der Waals surface area (Å²) >= 11 is 0. The van der Waals surface area contributed by atoms with Gasteiger partial charge in [-0.1, -0.05) is 0 Å². The second-order valence-electron chi connectivity index (χ2n) is 2.14.